The van der Waals surface area contributed by atoms with Crippen LogP contribution in [0.2, 0.25) is 0 Å². The minimum atomic E-state index is 0.595. The molecular weight excluding hydrogens is 340 g/mol. The van der Waals surface area contributed by atoms with Gasteiger partial charge in [0.15, 0.2) is 5.82 Å². The number of fused-ring (bicyclic) bond motifs is 1. The molecule has 7 nitrogen and oxygen atoms in total. The first kappa shape index (κ1) is 17.0. The van der Waals surface area contributed by atoms with Crippen molar-refractivity contribution in [2.24, 2.45) is 7.05 Å². The van der Waals surface area contributed by atoms with Gasteiger partial charge in [-0.1, -0.05) is 12.1 Å². The van der Waals surface area contributed by atoms with Crippen LogP contribution in [0.3, 0.4) is 0 Å². The van der Waals surface area contributed by atoms with Crippen molar-refractivity contribution in [2.75, 3.05) is 7.11 Å². The second-order valence-corrected chi connectivity index (χ2v) is 6.35. The smallest absolute Gasteiger partial charge is 0.253 e. The number of para-hydroxylation sites is 1. The summed E-state index contributed by atoms with van der Waals surface area (Å²) >= 11 is 0. The molecule has 0 saturated heterocycles. The number of benzene rings is 1. The van der Waals surface area contributed by atoms with E-state index >= 15 is 0 Å². The highest BCUT2D eigenvalue weighted by atomic mass is 16.5. The fourth-order valence-corrected chi connectivity index (χ4v) is 3.02. The number of aromatic nitrogens is 6. The highest BCUT2D eigenvalue weighted by Crippen LogP contribution is 2.28. The van der Waals surface area contributed by atoms with Crippen molar-refractivity contribution in [2.45, 2.75) is 13.8 Å². The van der Waals surface area contributed by atoms with Crippen LogP contribution < -0.4 is 4.74 Å². The lowest BCUT2D eigenvalue weighted by Crippen LogP contribution is -1.97. The van der Waals surface area contributed by atoms with Crippen LogP contribution in [0.25, 0.3) is 29.2 Å². The molecule has 0 N–H and O–H groups in total. The Kier molecular flexibility index (Phi) is 4.19. The molecule has 3 heterocycles. The van der Waals surface area contributed by atoms with Crippen molar-refractivity contribution < 1.29 is 4.74 Å². The van der Waals surface area contributed by atoms with Gasteiger partial charge < -0.3 is 9.30 Å². The molecule has 0 fully saturated rings. The molecule has 0 bridgehead atoms. The minimum Gasteiger partial charge on any atom is -0.496 e. The Morgan fingerprint density at radius 2 is 1.85 bits per heavy atom. The van der Waals surface area contributed by atoms with Gasteiger partial charge in [0, 0.05) is 30.2 Å². The standard InChI is InChI=1S/C20H20N6O/c1-13-11-14(2)26-20(21-13)23-18(24-26)9-10-19-22-16(12-25(19)3)15-7-5-6-8-17(15)27-4/h5-12H,1-4H3/b10-9+. The molecule has 27 heavy (non-hydrogen) atoms. The summed E-state index contributed by atoms with van der Waals surface area (Å²) in [6, 6.07) is 9.82. The molecule has 7 heteroatoms. The van der Waals surface area contributed by atoms with Crippen molar-refractivity contribution in [1.29, 1.82) is 0 Å². The van der Waals surface area contributed by atoms with Gasteiger partial charge in [0.05, 0.1) is 12.8 Å². The molecule has 1 aromatic carbocycles. The summed E-state index contributed by atoms with van der Waals surface area (Å²) in [5, 5.41) is 4.49. The van der Waals surface area contributed by atoms with Gasteiger partial charge in [-0.15, -0.1) is 5.10 Å². The van der Waals surface area contributed by atoms with E-state index < -0.39 is 0 Å². The normalized spacial score (nSPS) is 11.6. The van der Waals surface area contributed by atoms with Crippen molar-refractivity contribution in [3.8, 4) is 17.0 Å². The molecule has 3 aromatic heterocycles. The Hall–Kier alpha value is -3.48. The fourth-order valence-electron chi connectivity index (χ4n) is 3.02. The van der Waals surface area contributed by atoms with Gasteiger partial charge in [-0.3, -0.25) is 0 Å². The van der Waals surface area contributed by atoms with Crippen LogP contribution in [0.5, 0.6) is 5.75 Å². The van der Waals surface area contributed by atoms with Gasteiger partial charge in [-0.05, 0) is 44.2 Å². The van der Waals surface area contributed by atoms with E-state index in [2.05, 4.69) is 15.1 Å². The minimum absolute atomic E-state index is 0.595. The Balaban J connectivity index is 1.67. The van der Waals surface area contributed by atoms with Gasteiger partial charge in [0.2, 0.25) is 0 Å². The summed E-state index contributed by atoms with van der Waals surface area (Å²) in [6.45, 7) is 3.94. The van der Waals surface area contributed by atoms with E-state index in [1.807, 2.05) is 74.1 Å². The molecule has 0 spiro atoms. The molecule has 4 aromatic rings. The summed E-state index contributed by atoms with van der Waals surface area (Å²) in [5.41, 5.74) is 3.73. The van der Waals surface area contributed by atoms with Gasteiger partial charge >= 0.3 is 0 Å². The van der Waals surface area contributed by atoms with Crippen molar-refractivity contribution in [3.05, 3.63) is 59.6 Å². The highest BCUT2D eigenvalue weighted by Gasteiger charge is 2.10. The summed E-state index contributed by atoms with van der Waals surface area (Å²) < 4.78 is 9.14. The van der Waals surface area contributed by atoms with Gasteiger partial charge in [0.25, 0.3) is 5.78 Å². The first-order chi connectivity index (χ1) is 13.0. The third-order valence-electron chi connectivity index (χ3n) is 4.31. The van der Waals surface area contributed by atoms with Crippen molar-refractivity contribution in [3.63, 3.8) is 0 Å². The molecule has 0 saturated carbocycles. The van der Waals surface area contributed by atoms with E-state index in [-0.39, 0.29) is 0 Å². The fraction of sp³-hybridized carbons (Fsp3) is 0.200. The van der Waals surface area contributed by atoms with E-state index in [0.29, 0.717) is 11.6 Å². The SMILES string of the molecule is COc1ccccc1-c1cn(C)c(/C=C/c2nc3nc(C)cc(C)n3n2)n1. The number of rotatable bonds is 4. The number of hydrogen-bond acceptors (Lipinski definition) is 5. The maximum atomic E-state index is 5.44. The van der Waals surface area contributed by atoms with Crippen molar-refractivity contribution in [1.82, 2.24) is 29.1 Å². The third kappa shape index (κ3) is 3.19. The third-order valence-corrected chi connectivity index (χ3v) is 4.31. The Morgan fingerprint density at radius 3 is 2.67 bits per heavy atom. The lowest BCUT2D eigenvalue weighted by Gasteiger charge is -2.04. The lowest BCUT2D eigenvalue weighted by molar-refractivity contribution is 0.416. The predicted molar refractivity (Wildman–Crippen MR) is 104 cm³/mol. The van der Waals surface area contributed by atoms with E-state index in [9.17, 15) is 0 Å². The second kappa shape index (κ2) is 6.68. The van der Waals surface area contributed by atoms with E-state index in [1.165, 1.54) is 0 Å². The summed E-state index contributed by atoms with van der Waals surface area (Å²) in [5.74, 6) is 2.79. The number of hydrogen-bond donors (Lipinski definition) is 0. The van der Waals surface area contributed by atoms with Gasteiger partial charge in [-0.2, -0.15) is 4.98 Å². The molecule has 0 amide bonds. The zero-order valence-corrected chi connectivity index (χ0v) is 15.7. The lowest BCUT2D eigenvalue weighted by atomic mass is 10.1. The summed E-state index contributed by atoms with van der Waals surface area (Å²) in [6.07, 6.45) is 5.72. The molecular formula is C20H20N6O. The quantitative estimate of drug-likeness (QED) is 0.558. The summed E-state index contributed by atoms with van der Waals surface area (Å²) in [4.78, 5) is 13.6. The average Bonchev–Trinajstić information content (AvgIpc) is 3.23. The molecule has 136 valence electrons. The van der Waals surface area contributed by atoms with E-state index in [0.717, 1.165) is 34.2 Å². The van der Waals surface area contributed by atoms with Gasteiger partial charge in [-0.25, -0.2) is 14.5 Å². The number of ether oxygens (including phenoxy) is 1. The maximum absolute atomic E-state index is 5.44. The molecule has 0 atom stereocenters. The number of methoxy groups -OCH3 is 1. The largest absolute Gasteiger partial charge is 0.496 e. The topological polar surface area (TPSA) is 70.1 Å². The average molecular weight is 360 g/mol. The summed E-state index contributed by atoms with van der Waals surface area (Å²) in [7, 11) is 3.62. The Bertz CT molecular complexity index is 1150. The van der Waals surface area contributed by atoms with Crippen LogP contribution >= 0.6 is 0 Å². The monoisotopic (exact) mass is 360 g/mol. The predicted octanol–water partition coefficient (Wildman–Crippen LogP) is 3.32. The van der Waals surface area contributed by atoms with Crippen LogP contribution in [0, 0.1) is 13.8 Å². The Morgan fingerprint density at radius 1 is 1.04 bits per heavy atom. The molecule has 4 rings (SSSR count). The second-order valence-electron chi connectivity index (χ2n) is 6.35. The number of aryl methyl sites for hydroxylation is 3. The maximum Gasteiger partial charge on any atom is 0.253 e. The van der Waals surface area contributed by atoms with Gasteiger partial charge in [0.1, 0.15) is 11.6 Å². The molecule has 0 aliphatic heterocycles. The molecule has 0 aliphatic carbocycles. The van der Waals surface area contributed by atoms with Crippen LogP contribution in [0.4, 0.5) is 0 Å². The van der Waals surface area contributed by atoms with Crippen LogP contribution in [-0.4, -0.2) is 36.2 Å². The highest BCUT2D eigenvalue weighted by molar-refractivity contribution is 5.70. The van der Waals surface area contributed by atoms with Crippen molar-refractivity contribution >= 4 is 17.9 Å². The first-order valence-corrected chi connectivity index (χ1v) is 8.61. The van der Waals surface area contributed by atoms with E-state index in [4.69, 9.17) is 9.72 Å². The number of imidazole rings is 1. The van der Waals surface area contributed by atoms with Crippen LogP contribution in [-0.2, 0) is 7.05 Å². The van der Waals surface area contributed by atoms with Crippen LogP contribution in [0.1, 0.15) is 23.0 Å². The first-order valence-electron chi connectivity index (χ1n) is 8.61. The molecule has 0 aliphatic rings. The van der Waals surface area contributed by atoms with E-state index in [1.54, 1.807) is 11.6 Å². The number of nitrogens with zero attached hydrogens (tertiary/aromatic N) is 6. The zero-order valence-electron chi connectivity index (χ0n) is 15.7. The molecule has 0 unspecified atom stereocenters. The zero-order chi connectivity index (χ0) is 19.0. The Labute approximate surface area is 157 Å². The molecule has 0 radical (unpaired) electrons. The van der Waals surface area contributed by atoms with Crippen LogP contribution in [0.15, 0.2) is 36.5 Å².